The zero-order valence-electron chi connectivity index (χ0n) is 11.6. The van der Waals surface area contributed by atoms with Crippen LogP contribution in [0.4, 0.5) is 4.79 Å². The number of likely N-dealkylation sites (N-methyl/N-ethyl adjacent to an activating group) is 1. The van der Waals surface area contributed by atoms with Gasteiger partial charge in [-0.25, -0.2) is 14.6 Å². The second kappa shape index (κ2) is 6.01. The van der Waals surface area contributed by atoms with Crippen LogP contribution in [-0.2, 0) is 11.3 Å². The molecular formula is C12H19N3O3S. The molecule has 2 amide bonds. The fourth-order valence-electron chi connectivity index (χ4n) is 1.64. The molecule has 0 saturated carbocycles. The van der Waals surface area contributed by atoms with Crippen molar-refractivity contribution in [3.05, 3.63) is 16.1 Å². The number of aliphatic carboxylic acids is 1. The third-order valence-corrected chi connectivity index (χ3v) is 3.73. The predicted octanol–water partition coefficient (Wildman–Crippen LogP) is 1.85. The van der Waals surface area contributed by atoms with Crippen LogP contribution < -0.4 is 5.32 Å². The Hall–Kier alpha value is -1.63. The van der Waals surface area contributed by atoms with Gasteiger partial charge in [-0.05, 0) is 27.7 Å². The second-order valence-electron chi connectivity index (χ2n) is 4.63. The van der Waals surface area contributed by atoms with Crippen molar-refractivity contribution in [1.82, 2.24) is 15.2 Å². The number of nitrogens with one attached hydrogen (secondary N) is 1. The van der Waals surface area contributed by atoms with E-state index in [4.69, 9.17) is 5.11 Å². The van der Waals surface area contributed by atoms with Gasteiger partial charge in [0.25, 0.3) is 0 Å². The molecule has 1 rings (SSSR count). The zero-order chi connectivity index (χ0) is 14.6. The summed E-state index contributed by atoms with van der Waals surface area (Å²) in [4.78, 5) is 29.7. The van der Waals surface area contributed by atoms with Gasteiger partial charge in [-0.15, -0.1) is 11.3 Å². The van der Waals surface area contributed by atoms with E-state index in [0.717, 1.165) is 9.88 Å². The molecule has 0 bridgehead atoms. The van der Waals surface area contributed by atoms with Gasteiger partial charge in [0.15, 0.2) is 0 Å². The Morgan fingerprint density at radius 2 is 2.16 bits per heavy atom. The smallest absolute Gasteiger partial charge is 0.329 e. The van der Waals surface area contributed by atoms with Gasteiger partial charge in [0.05, 0.1) is 6.54 Å². The number of carbonyl (C=O) groups excluding carboxylic acids is 1. The number of carboxylic acid groups (broad SMARTS) is 1. The molecule has 0 saturated heterocycles. The molecule has 1 aromatic rings. The van der Waals surface area contributed by atoms with Crippen molar-refractivity contribution in [3.63, 3.8) is 0 Å². The van der Waals surface area contributed by atoms with Gasteiger partial charge in [-0.3, -0.25) is 0 Å². The SMILES string of the molecule is CCN(C(=O)NCc1ncc(C)s1)C(C)(C)C(=O)O. The molecule has 106 valence electrons. The van der Waals surface area contributed by atoms with Crippen molar-refractivity contribution in [1.29, 1.82) is 0 Å². The predicted molar refractivity (Wildman–Crippen MR) is 73.2 cm³/mol. The van der Waals surface area contributed by atoms with Crippen molar-refractivity contribution in [2.24, 2.45) is 0 Å². The molecule has 0 aliphatic rings. The Morgan fingerprint density at radius 1 is 1.53 bits per heavy atom. The third-order valence-electron chi connectivity index (χ3n) is 2.82. The van der Waals surface area contributed by atoms with Gasteiger partial charge < -0.3 is 15.3 Å². The van der Waals surface area contributed by atoms with Crippen molar-refractivity contribution in [3.8, 4) is 0 Å². The monoisotopic (exact) mass is 285 g/mol. The summed E-state index contributed by atoms with van der Waals surface area (Å²) in [6, 6.07) is -0.400. The molecule has 0 unspecified atom stereocenters. The molecule has 0 aliphatic carbocycles. The minimum absolute atomic E-state index is 0.309. The van der Waals surface area contributed by atoms with E-state index in [1.165, 1.54) is 30.1 Å². The number of amides is 2. The molecule has 0 atom stereocenters. The number of hydrogen-bond acceptors (Lipinski definition) is 4. The summed E-state index contributed by atoms with van der Waals surface area (Å²) in [6.07, 6.45) is 1.74. The summed E-state index contributed by atoms with van der Waals surface area (Å²) < 4.78 is 0. The number of carbonyl (C=O) groups is 2. The number of carboxylic acids is 1. The molecule has 6 nitrogen and oxygen atoms in total. The van der Waals surface area contributed by atoms with E-state index in [0.29, 0.717) is 13.1 Å². The Morgan fingerprint density at radius 3 is 2.58 bits per heavy atom. The van der Waals surface area contributed by atoms with Crippen LogP contribution >= 0.6 is 11.3 Å². The van der Waals surface area contributed by atoms with Crippen LogP contribution in [0.5, 0.6) is 0 Å². The Kier molecular flexibility index (Phi) is 4.88. The maximum Gasteiger partial charge on any atom is 0.329 e. The maximum absolute atomic E-state index is 12.0. The first kappa shape index (κ1) is 15.4. The van der Waals surface area contributed by atoms with Gasteiger partial charge in [0.1, 0.15) is 10.5 Å². The lowest BCUT2D eigenvalue weighted by molar-refractivity contribution is -0.147. The number of urea groups is 1. The van der Waals surface area contributed by atoms with E-state index in [2.05, 4.69) is 10.3 Å². The highest BCUT2D eigenvalue weighted by molar-refractivity contribution is 7.11. The first-order valence-electron chi connectivity index (χ1n) is 5.99. The van der Waals surface area contributed by atoms with Crippen LogP contribution in [0.2, 0.25) is 0 Å². The summed E-state index contributed by atoms with van der Waals surface area (Å²) in [7, 11) is 0. The number of hydrogen-bond donors (Lipinski definition) is 2. The van der Waals surface area contributed by atoms with Crippen LogP contribution in [0, 0.1) is 6.92 Å². The number of rotatable bonds is 5. The molecule has 0 aromatic carbocycles. The van der Waals surface area contributed by atoms with Crippen LogP contribution in [0.1, 0.15) is 30.7 Å². The van der Waals surface area contributed by atoms with Crippen LogP contribution in [-0.4, -0.2) is 39.1 Å². The fraction of sp³-hybridized carbons (Fsp3) is 0.583. The van der Waals surface area contributed by atoms with E-state index in [9.17, 15) is 9.59 Å². The molecular weight excluding hydrogens is 266 g/mol. The highest BCUT2D eigenvalue weighted by Crippen LogP contribution is 2.15. The Bertz CT molecular complexity index is 471. The van der Waals surface area contributed by atoms with Crippen LogP contribution in [0.25, 0.3) is 0 Å². The fourth-order valence-corrected chi connectivity index (χ4v) is 2.36. The Labute approximate surface area is 116 Å². The summed E-state index contributed by atoms with van der Waals surface area (Å²) >= 11 is 1.50. The first-order chi connectivity index (χ1) is 8.78. The summed E-state index contributed by atoms with van der Waals surface area (Å²) in [6.45, 7) is 7.33. The van der Waals surface area contributed by atoms with Crippen molar-refractivity contribution in [2.45, 2.75) is 39.8 Å². The largest absolute Gasteiger partial charge is 0.480 e. The molecule has 0 fully saturated rings. The summed E-state index contributed by atoms with van der Waals surface area (Å²) in [5.41, 5.74) is -1.24. The van der Waals surface area contributed by atoms with Crippen molar-refractivity contribution >= 4 is 23.3 Å². The molecule has 7 heteroatoms. The van der Waals surface area contributed by atoms with Gasteiger partial charge in [-0.2, -0.15) is 0 Å². The minimum atomic E-state index is -1.24. The van der Waals surface area contributed by atoms with Gasteiger partial charge in [-0.1, -0.05) is 0 Å². The topological polar surface area (TPSA) is 82.5 Å². The number of nitrogens with zero attached hydrogens (tertiary/aromatic N) is 2. The number of aromatic nitrogens is 1. The van der Waals surface area contributed by atoms with E-state index in [-0.39, 0.29) is 0 Å². The molecule has 0 radical (unpaired) electrons. The Balaban J connectivity index is 2.67. The summed E-state index contributed by atoms with van der Waals surface area (Å²) in [5.74, 6) is -1.03. The van der Waals surface area contributed by atoms with Gasteiger partial charge in [0, 0.05) is 17.6 Å². The molecule has 0 spiro atoms. The average molecular weight is 285 g/mol. The third kappa shape index (κ3) is 3.66. The lowest BCUT2D eigenvalue weighted by Crippen LogP contribution is -2.55. The van der Waals surface area contributed by atoms with Crippen LogP contribution in [0.15, 0.2) is 6.20 Å². The summed E-state index contributed by atoms with van der Waals surface area (Å²) in [5, 5.41) is 12.6. The standard InChI is InChI=1S/C12H19N3O3S/c1-5-15(12(3,4)10(16)17)11(18)14-7-9-13-6-8(2)19-9/h6H,5,7H2,1-4H3,(H,14,18)(H,16,17). The van der Waals surface area contributed by atoms with E-state index in [1.807, 2.05) is 6.92 Å². The van der Waals surface area contributed by atoms with E-state index < -0.39 is 17.5 Å². The van der Waals surface area contributed by atoms with Crippen molar-refractivity contribution in [2.75, 3.05) is 6.54 Å². The number of thiazole rings is 1. The first-order valence-corrected chi connectivity index (χ1v) is 6.80. The normalized spacial score (nSPS) is 11.2. The van der Waals surface area contributed by atoms with E-state index >= 15 is 0 Å². The van der Waals surface area contributed by atoms with E-state index in [1.54, 1.807) is 13.1 Å². The molecule has 19 heavy (non-hydrogen) atoms. The number of aryl methyl sites for hydroxylation is 1. The van der Waals surface area contributed by atoms with Crippen LogP contribution in [0.3, 0.4) is 0 Å². The minimum Gasteiger partial charge on any atom is -0.480 e. The van der Waals surface area contributed by atoms with Gasteiger partial charge in [0.2, 0.25) is 0 Å². The lowest BCUT2D eigenvalue weighted by atomic mass is 10.0. The average Bonchev–Trinajstić information content (AvgIpc) is 2.73. The molecule has 0 aliphatic heterocycles. The molecule has 1 aromatic heterocycles. The molecule has 2 N–H and O–H groups in total. The highest BCUT2D eigenvalue weighted by atomic mass is 32.1. The second-order valence-corrected chi connectivity index (χ2v) is 5.95. The van der Waals surface area contributed by atoms with Gasteiger partial charge >= 0.3 is 12.0 Å². The molecule has 1 heterocycles. The van der Waals surface area contributed by atoms with Crippen molar-refractivity contribution < 1.29 is 14.7 Å². The quantitative estimate of drug-likeness (QED) is 0.865. The zero-order valence-corrected chi connectivity index (χ0v) is 12.4. The highest BCUT2D eigenvalue weighted by Gasteiger charge is 2.36. The lowest BCUT2D eigenvalue weighted by Gasteiger charge is -2.34. The maximum atomic E-state index is 12.0.